The summed E-state index contributed by atoms with van der Waals surface area (Å²) in [5, 5.41) is 14.7. The van der Waals surface area contributed by atoms with Gasteiger partial charge in [-0.15, -0.1) is 0 Å². The van der Waals surface area contributed by atoms with Crippen LogP contribution in [-0.4, -0.2) is 60.7 Å². The summed E-state index contributed by atoms with van der Waals surface area (Å²) in [4.78, 5) is 35.3. The van der Waals surface area contributed by atoms with Gasteiger partial charge in [-0.1, -0.05) is 54.6 Å². The Kier molecular flexibility index (Phi) is 7.71. The Morgan fingerprint density at radius 1 is 1.07 bits per heavy atom. The summed E-state index contributed by atoms with van der Waals surface area (Å²) < 4.78 is 2.16. The summed E-state index contributed by atoms with van der Waals surface area (Å²) in [5.74, 6) is 0.809. The molecule has 2 unspecified atom stereocenters. The molecule has 2 aliphatic heterocycles. The minimum absolute atomic E-state index is 0.0396. The molecule has 5 aromatic rings. The van der Waals surface area contributed by atoms with Crippen LogP contribution in [0.4, 0.5) is 15.3 Å². The quantitative estimate of drug-likeness (QED) is 0.207. The molecule has 1 saturated heterocycles. The van der Waals surface area contributed by atoms with Gasteiger partial charge in [0.25, 0.3) is 0 Å². The standard InChI is InChI=1S/C35H38N8O2/c1-23-18-25(19-28-21-37-40-32(23)28)20-31(33-36-14-17-42(33)24(2)26-8-4-3-5-9-26)39-34(44)41-15-12-29(13-16-41)43-22-27-10-6-7-11-30(27)38-35(43)45/h3-11,14,17-19,21,24,29,31H,12-13,15-16,20,22H2,1-2H3,(H,37,40)(H,38,45)(H,39,44). The van der Waals surface area contributed by atoms with Gasteiger partial charge in [-0.05, 0) is 67.5 Å². The number of para-hydroxylation sites is 1. The first-order valence-electron chi connectivity index (χ1n) is 15.7. The maximum Gasteiger partial charge on any atom is 0.322 e. The van der Waals surface area contributed by atoms with Crippen molar-refractivity contribution in [3.8, 4) is 0 Å². The van der Waals surface area contributed by atoms with Gasteiger partial charge in [-0.2, -0.15) is 5.10 Å². The Morgan fingerprint density at radius 3 is 2.67 bits per heavy atom. The number of fused-ring (bicyclic) bond motifs is 2. The van der Waals surface area contributed by atoms with Gasteiger partial charge in [0, 0.05) is 49.1 Å². The fraction of sp³-hybridized carbons (Fsp3) is 0.314. The average molecular weight is 603 g/mol. The topological polar surface area (TPSA) is 111 Å². The summed E-state index contributed by atoms with van der Waals surface area (Å²) in [7, 11) is 0. The van der Waals surface area contributed by atoms with Crippen molar-refractivity contribution in [2.24, 2.45) is 0 Å². The number of urea groups is 2. The Hall–Kier alpha value is -5.12. The molecule has 10 heteroatoms. The number of hydrogen-bond acceptors (Lipinski definition) is 4. The Balaban J connectivity index is 1.09. The molecule has 3 aromatic carbocycles. The lowest BCUT2D eigenvalue weighted by Gasteiger charge is -2.40. The van der Waals surface area contributed by atoms with E-state index in [9.17, 15) is 9.59 Å². The van der Waals surface area contributed by atoms with E-state index in [-0.39, 0.29) is 30.2 Å². The van der Waals surface area contributed by atoms with Crippen LogP contribution >= 0.6 is 0 Å². The molecule has 0 radical (unpaired) electrons. The number of piperidine rings is 1. The van der Waals surface area contributed by atoms with E-state index >= 15 is 0 Å². The molecule has 3 N–H and O–H groups in total. The fourth-order valence-corrected chi connectivity index (χ4v) is 6.83. The third-order valence-electron chi connectivity index (χ3n) is 9.31. The molecule has 230 valence electrons. The van der Waals surface area contributed by atoms with Crippen molar-refractivity contribution < 1.29 is 9.59 Å². The van der Waals surface area contributed by atoms with E-state index in [2.05, 4.69) is 69.6 Å². The first-order chi connectivity index (χ1) is 21.9. The molecule has 7 rings (SSSR count). The molecular weight excluding hydrogens is 564 g/mol. The number of carbonyl (C=O) groups excluding carboxylic acids is 2. The van der Waals surface area contributed by atoms with Crippen LogP contribution < -0.4 is 10.6 Å². The first kappa shape index (κ1) is 28.6. The number of imidazole rings is 1. The highest BCUT2D eigenvalue weighted by atomic mass is 16.2. The number of amides is 4. The number of anilines is 1. The maximum atomic E-state index is 13.9. The molecule has 1 fully saturated rings. The maximum absolute atomic E-state index is 13.9. The number of benzene rings is 3. The summed E-state index contributed by atoms with van der Waals surface area (Å²) in [6.07, 6.45) is 7.67. The summed E-state index contributed by atoms with van der Waals surface area (Å²) >= 11 is 0. The molecule has 2 atom stereocenters. The van der Waals surface area contributed by atoms with Gasteiger partial charge in [0.05, 0.1) is 23.8 Å². The zero-order valence-corrected chi connectivity index (χ0v) is 25.6. The smallest absolute Gasteiger partial charge is 0.322 e. The van der Waals surface area contributed by atoms with E-state index in [4.69, 9.17) is 4.98 Å². The van der Waals surface area contributed by atoms with Crippen LogP contribution in [0.3, 0.4) is 0 Å². The predicted molar refractivity (Wildman–Crippen MR) is 174 cm³/mol. The van der Waals surface area contributed by atoms with Crippen molar-refractivity contribution in [3.63, 3.8) is 0 Å². The van der Waals surface area contributed by atoms with Gasteiger partial charge in [0.1, 0.15) is 5.82 Å². The Bertz CT molecular complexity index is 1820. The zero-order valence-electron chi connectivity index (χ0n) is 25.6. The second kappa shape index (κ2) is 12.1. The summed E-state index contributed by atoms with van der Waals surface area (Å²) in [6.45, 7) is 5.96. The van der Waals surface area contributed by atoms with Crippen LogP contribution in [0.2, 0.25) is 0 Å². The van der Waals surface area contributed by atoms with Crippen molar-refractivity contribution in [2.75, 3.05) is 18.4 Å². The van der Waals surface area contributed by atoms with Crippen molar-refractivity contribution in [1.82, 2.24) is 34.9 Å². The highest BCUT2D eigenvalue weighted by molar-refractivity contribution is 5.92. The van der Waals surface area contributed by atoms with E-state index in [1.165, 1.54) is 5.56 Å². The monoisotopic (exact) mass is 602 g/mol. The normalized spacial score (nSPS) is 16.7. The number of aromatic amines is 1. The highest BCUT2D eigenvalue weighted by Gasteiger charge is 2.33. The number of aryl methyl sites for hydroxylation is 1. The molecule has 10 nitrogen and oxygen atoms in total. The highest BCUT2D eigenvalue weighted by Crippen LogP contribution is 2.29. The van der Waals surface area contributed by atoms with Crippen LogP contribution in [-0.2, 0) is 13.0 Å². The van der Waals surface area contributed by atoms with Gasteiger partial charge in [0.15, 0.2) is 0 Å². The first-order valence-corrected chi connectivity index (χ1v) is 15.7. The lowest BCUT2D eigenvalue weighted by Crippen LogP contribution is -2.53. The SMILES string of the molecule is Cc1cc(CC(NC(=O)N2CCC(N3Cc4ccccc4NC3=O)CC2)c2nccn2C(C)c2ccccc2)cc2cn[nH]c12. The molecule has 4 amide bonds. The molecule has 4 heterocycles. The molecule has 0 spiro atoms. The number of likely N-dealkylation sites (tertiary alicyclic amines) is 1. The predicted octanol–water partition coefficient (Wildman–Crippen LogP) is 6.18. The summed E-state index contributed by atoms with van der Waals surface area (Å²) in [6, 6.07) is 22.1. The largest absolute Gasteiger partial charge is 0.328 e. The van der Waals surface area contributed by atoms with Gasteiger partial charge >= 0.3 is 12.1 Å². The van der Waals surface area contributed by atoms with E-state index in [1.807, 2.05) is 64.8 Å². The number of nitrogens with zero attached hydrogens (tertiary/aromatic N) is 5. The number of nitrogens with one attached hydrogen (secondary N) is 3. The lowest BCUT2D eigenvalue weighted by molar-refractivity contribution is 0.126. The van der Waals surface area contributed by atoms with Gasteiger partial charge < -0.3 is 25.0 Å². The summed E-state index contributed by atoms with van der Waals surface area (Å²) in [5.41, 5.74) is 6.39. The van der Waals surface area contributed by atoms with Gasteiger partial charge in [-0.25, -0.2) is 14.6 Å². The molecule has 45 heavy (non-hydrogen) atoms. The number of carbonyl (C=O) groups is 2. The van der Waals surface area contributed by atoms with E-state index in [0.29, 0.717) is 26.1 Å². The molecular formula is C35H38N8O2. The Labute approximate surface area is 262 Å². The average Bonchev–Trinajstić information content (AvgIpc) is 3.75. The van der Waals surface area contributed by atoms with Crippen LogP contribution in [0.5, 0.6) is 0 Å². The van der Waals surface area contributed by atoms with Crippen molar-refractivity contribution in [2.45, 2.75) is 57.8 Å². The third-order valence-corrected chi connectivity index (χ3v) is 9.31. The third kappa shape index (κ3) is 5.75. The molecule has 0 aliphatic carbocycles. The molecule has 0 bridgehead atoms. The van der Waals surface area contributed by atoms with E-state index in [1.54, 1.807) is 0 Å². The number of H-pyrrole nitrogens is 1. The van der Waals surface area contributed by atoms with Crippen LogP contribution in [0.15, 0.2) is 85.3 Å². The number of rotatable bonds is 7. The van der Waals surface area contributed by atoms with Crippen molar-refractivity contribution >= 4 is 28.7 Å². The van der Waals surface area contributed by atoms with Crippen molar-refractivity contribution in [3.05, 3.63) is 113 Å². The van der Waals surface area contributed by atoms with Crippen LogP contribution in [0.25, 0.3) is 10.9 Å². The van der Waals surface area contributed by atoms with Gasteiger partial charge in [-0.3, -0.25) is 5.10 Å². The molecule has 2 aliphatic rings. The van der Waals surface area contributed by atoms with Gasteiger partial charge in [0.2, 0.25) is 0 Å². The molecule has 0 saturated carbocycles. The molecule has 2 aromatic heterocycles. The number of hydrogen-bond donors (Lipinski definition) is 3. The van der Waals surface area contributed by atoms with Crippen LogP contribution in [0, 0.1) is 6.92 Å². The Morgan fingerprint density at radius 2 is 1.84 bits per heavy atom. The number of aromatic nitrogens is 4. The van der Waals surface area contributed by atoms with Crippen molar-refractivity contribution in [1.29, 1.82) is 0 Å². The zero-order chi connectivity index (χ0) is 30.9. The van der Waals surface area contributed by atoms with E-state index < -0.39 is 0 Å². The minimum atomic E-state index is -0.357. The fourth-order valence-electron chi connectivity index (χ4n) is 6.83. The second-order valence-electron chi connectivity index (χ2n) is 12.2. The van der Waals surface area contributed by atoms with E-state index in [0.717, 1.165) is 51.9 Å². The van der Waals surface area contributed by atoms with Crippen LogP contribution in [0.1, 0.15) is 59.9 Å². The second-order valence-corrected chi connectivity index (χ2v) is 12.2. The lowest BCUT2D eigenvalue weighted by atomic mass is 10.00. The minimum Gasteiger partial charge on any atom is -0.328 e.